The summed E-state index contributed by atoms with van der Waals surface area (Å²) in [6.45, 7) is 9.13. The van der Waals surface area contributed by atoms with E-state index in [9.17, 15) is 0 Å². The van der Waals surface area contributed by atoms with Gasteiger partial charge in [-0.05, 0) is 6.42 Å². The number of aliphatic hydroxyl groups is 1. The van der Waals surface area contributed by atoms with Gasteiger partial charge < -0.3 is 33.5 Å². The fourth-order valence-electron chi connectivity index (χ4n) is 3.31. The highest BCUT2D eigenvalue weighted by atomic mass is 16.7. The molecule has 0 aromatic heterocycles. The largest absolute Gasteiger partial charge is 0.394 e. The zero-order chi connectivity index (χ0) is 23.9. The molecular formula is C26H54O7. The molecule has 0 atom stereocenters. The zero-order valence-electron chi connectivity index (χ0n) is 21.6. The van der Waals surface area contributed by atoms with E-state index >= 15 is 0 Å². The second kappa shape index (κ2) is 31.7. The van der Waals surface area contributed by atoms with Gasteiger partial charge in [0.05, 0.1) is 79.3 Å². The van der Waals surface area contributed by atoms with Gasteiger partial charge in [-0.25, -0.2) is 0 Å². The molecule has 7 heteroatoms. The Bertz CT molecular complexity index is 302. The number of unbranched alkanes of at least 4 members (excludes halogenated alkanes) is 11. The third-order valence-electron chi connectivity index (χ3n) is 5.24. The molecule has 0 rings (SSSR count). The zero-order valence-corrected chi connectivity index (χ0v) is 21.6. The quantitative estimate of drug-likeness (QED) is 0.148. The minimum Gasteiger partial charge on any atom is -0.394 e. The topological polar surface area (TPSA) is 75.6 Å². The average Bonchev–Trinajstić information content (AvgIpc) is 2.83. The van der Waals surface area contributed by atoms with Crippen molar-refractivity contribution in [3.8, 4) is 0 Å². The molecule has 0 amide bonds. The summed E-state index contributed by atoms with van der Waals surface area (Å²) in [6.07, 6.45) is 16.4. The highest BCUT2D eigenvalue weighted by molar-refractivity contribution is 4.48. The van der Waals surface area contributed by atoms with E-state index in [0.717, 1.165) is 13.0 Å². The first kappa shape index (κ1) is 32.7. The van der Waals surface area contributed by atoms with E-state index in [0.29, 0.717) is 72.7 Å². The Balaban J connectivity index is 2.99. The first-order valence-corrected chi connectivity index (χ1v) is 13.5. The summed E-state index contributed by atoms with van der Waals surface area (Å²) in [5.41, 5.74) is 0. The number of hydrogen-bond donors (Lipinski definition) is 1. The Labute approximate surface area is 203 Å². The minimum atomic E-state index is 0.0431. The lowest BCUT2D eigenvalue weighted by molar-refractivity contribution is -0.0182. The van der Waals surface area contributed by atoms with Crippen LogP contribution in [0.25, 0.3) is 0 Å². The maximum atomic E-state index is 8.56. The summed E-state index contributed by atoms with van der Waals surface area (Å²) in [4.78, 5) is 0. The molecule has 0 aliphatic heterocycles. The monoisotopic (exact) mass is 480 g/mol. The molecule has 0 aromatic rings. The van der Waals surface area contributed by atoms with Gasteiger partial charge in [0.15, 0.2) is 0 Å². The Morgan fingerprint density at radius 1 is 0.455 bits per heavy atom. The van der Waals surface area contributed by atoms with Crippen LogP contribution in [0.3, 0.4) is 0 Å². The number of ether oxygens (including phenoxy) is 6. The van der Waals surface area contributed by atoms with Gasteiger partial charge in [0.1, 0.15) is 0 Å². The molecule has 0 aliphatic rings. The third-order valence-corrected chi connectivity index (χ3v) is 5.24. The first-order chi connectivity index (χ1) is 16.4. The molecule has 0 saturated heterocycles. The summed E-state index contributed by atoms with van der Waals surface area (Å²) in [5, 5.41) is 8.56. The van der Waals surface area contributed by atoms with Crippen molar-refractivity contribution in [2.24, 2.45) is 0 Å². The van der Waals surface area contributed by atoms with Crippen molar-refractivity contribution in [1.82, 2.24) is 0 Å². The molecule has 0 aromatic carbocycles. The van der Waals surface area contributed by atoms with Crippen molar-refractivity contribution in [3.63, 3.8) is 0 Å². The molecule has 0 aliphatic carbocycles. The standard InChI is InChI=1S/C26H54O7/c1-2-3-4-5-6-7-8-9-10-11-12-13-15-28-17-19-30-21-23-32-25-26-33-24-22-31-20-18-29-16-14-27/h27H,2-26H2,1H3/i19+2. The number of hydrogen-bond acceptors (Lipinski definition) is 7. The maximum Gasteiger partial charge on any atom is 0.0701 e. The lowest BCUT2D eigenvalue weighted by Crippen LogP contribution is -2.14. The molecule has 0 bridgehead atoms. The lowest BCUT2D eigenvalue weighted by atomic mass is 10.1. The van der Waals surface area contributed by atoms with Crippen molar-refractivity contribution in [3.05, 3.63) is 0 Å². The van der Waals surface area contributed by atoms with Crippen LogP contribution in [0.2, 0.25) is 0 Å². The molecule has 0 radical (unpaired) electrons. The van der Waals surface area contributed by atoms with Gasteiger partial charge in [0.25, 0.3) is 0 Å². The van der Waals surface area contributed by atoms with Crippen LogP contribution in [0.5, 0.6) is 0 Å². The summed E-state index contributed by atoms with van der Waals surface area (Å²) in [5.74, 6) is 0. The molecule has 33 heavy (non-hydrogen) atoms. The van der Waals surface area contributed by atoms with E-state index in [1.165, 1.54) is 70.6 Å². The van der Waals surface area contributed by atoms with E-state index in [4.69, 9.17) is 33.5 Å². The van der Waals surface area contributed by atoms with Crippen LogP contribution >= 0.6 is 0 Å². The lowest BCUT2D eigenvalue weighted by Gasteiger charge is -2.08. The highest BCUT2D eigenvalue weighted by Gasteiger charge is 1.96. The summed E-state index contributed by atoms with van der Waals surface area (Å²) < 4.78 is 32.4. The average molecular weight is 481 g/mol. The molecular weight excluding hydrogens is 426 g/mol. The maximum absolute atomic E-state index is 8.56. The smallest absolute Gasteiger partial charge is 0.0701 e. The Kier molecular flexibility index (Phi) is 31.5. The Morgan fingerprint density at radius 2 is 0.879 bits per heavy atom. The minimum absolute atomic E-state index is 0.0431. The van der Waals surface area contributed by atoms with E-state index < -0.39 is 0 Å². The van der Waals surface area contributed by atoms with Crippen LogP contribution in [0, 0.1) is 0 Å². The Morgan fingerprint density at radius 3 is 1.36 bits per heavy atom. The SMILES string of the molecule is CCCCCCCCCCCCCCOC[14CH2]OCCOCCOCCOCCOCCO. The van der Waals surface area contributed by atoms with Gasteiger partial charge in [0, 0.05) is 6.61 Å². The normalized spacial score (nSPS) is 11.5. The third kappa shape index (κ3) is 31.7. The first-order valence-electron chi connectivity index (χ1n) is 13.5. The van der Waals surface area contributed by atoms with Gasteiger partial charge in [-0.15, -0.1) is 0 Å². The highest BCUT2D eigenvalue weighted by Crippen LogP contribution is 2.11. The van der Waals surface area contributed by atoms with Gasteiger partial charge in [-0.3, -0.25) is 0 Å². The molecule has 200 valence electrons. The van der Waals surface area contributed by atoms with Crippen LogP contribution in [0.15, 0.2) is 0 Å². The van der Waals surface area contributed by atoms with E-state index in [2.05, 4.69) is 6.92 Å². The number of aliphatic hydroxyl groups excluding tert-OH is 1. The van der Waals surface area contributed by atoms with Crippen LogP contribution in [-0.2, 0) is 28.4 Å². The van der Waals surface area contributed by atoms with Gasteiger partial charge in [0.2, 0.25) is 0 Å². The van der Waals surface area contributed by atoms with Gasteiger partial charge in [-0.1, -0.05) is 77.6 Å². The van der Waals surface area contributed by atoms with Crippen molar-refractivity contribution >= 4 is 0 Å². The molecule has 0 unspecified atom stereocenters. The fourth-order valence-corrected chi connectivity index (χ4v) is 3.31. The molecule has 0 saturated carbocycles. The molecule has 0 heterocycles. The fraction of sp³-hybridized carbons (Fsp3) is 1.00. The van der Waals surface area contributed by atoms with Crippen molar-refractivity contribution in [2.45, 2.75) is 84.0 Å². The van der Waals surface area contributed by atoms with Crippen LogP contribution in [0.1, 0.15) is 84.0 Å². The number of rotatable bonds is 30. The van der Waals surface area contributed by atoms with E-state index in [1.807, 2.05) is 0 Å². The second-order valence-corrected chi connectivity index (χ2v) is 8.29. The predicted octanol–water partition coefficient (Wildman–Crippen LogP) is 4.78. The van der Waals surface area contributed by atoms with Gasteiger partial charge >= 0.3 is 0 Å². The van der Waals surface area contributed by atoms with E-state index in [1.54, 1.807) is 0 Å². The summed E-state index contributed by atoms with van der Waals surface area (Å²) in [6, 6.07) is 0. The van der Waals surface area contributed by atoms with Crippen LogP contribution < -0.4 is 0 Å². The molecule has 1 N–H and O–H groups in total. The van der Waals surface area contributed by atoms with Crippen molar-refractivity contribution < 1.29 is 33.5 Å². The Hall–Kier alpha value is -0.280. The predicted molar refractivity (Wildman–Crippen MR) is 133 cm³/mol. The summed E-state index contributed by atoms with van der Waals surface area (Å²) in [7, 11) is 0. The summed E-state index contributed by atoms with van der Waals surface area (Å²) >= 11 is 0. The molecule has 0 fully saturated rings. The molecule has 7 nitrogen and oxygen atoms in total. The molecule has 0 spiro atoms. The van der Waals surface area contributed by atoms with Crippen molar-refractivity contribution in [2.75, 3.05) is 85.9 Å². The van der Waals surface area contributed by atoms with Gasteiger partial charge in [-0.2, -0.15) is 0 Å². The van der Waals surface area contributed by atoms with Crippen LogP contribution in [-0.4, -0.2) is 91.0 Å². The van der Waals surface area contributed by atoms with Crippen LogP contribution in [0.4, 0.5) is 0 Å². The van der Waals surface area contributed by atoms with E-state index in [-0.39, 0.29) is 6.61 Å². The second-order valence-electron chi connectivity index (χ2n) is 8.29. The van der Waals surface area contributed by atoms with Crippen molar-refractivity contribution in [1.29, 1.82) is 0 Å².